The fourth-order valence-corrected chi connectivity index (χ4v) is 5.86. The van der Waals surface area contributed by atoms with Gasteiger partial charge in [0.1, 0.15) is 0 Å². The zero-order valence-corrected chi connectivity index (χ0v) is 15.2. The third-order valence-corrected chi connectivity index (χ3v) is 6.87. The van der Waals surface area contributed by atoms with E-state index in [0.29, 0.717) is 23.7 Å². The molecule has 0 aromatic carbocycles. The Bertz CT molecular complexity index is 363. The first-order valence-corrected chi connectivity index (χ1v) is 10.2. The third-order valence-electron chi connectivity index (χ3n) is 6.87. The van der Waals surface area contributed by atoms with E-state index in [9.17, 15) is 4.79 Å². The average Bonchev–Trinajstić information content (AvgIpc) is 2.53. The van der Waals surface area contributed by atoms with Crippen molar-refractivity contribution in [2.24, 2.45) is 29.6 Å². The Kier molecular flexibility index (Phi) is 6.01. The highest BCUT2D eigenvalue weighted by Gasteiger charge is 2.50. The van der Waals surface area contributed by atoms with E-state index < -0.39 is 0 Å². The predicted octanol–water partition coefficient (Wildman–Crippen LogP) is 3.69. The first-order valence-electron chi connectivity index (χ1n) is 10.2. The summed E-state index contributed by atoms with van der Waals surface area (Å²) in [5.74, 6) is 4.10. The molecule has 3 heteroatoms. The molecule has 0 heterocycles. The van der Waals surface area contributed by atoms with E-state index in [1.807, 2.05) is 0 Å². The highest BCUT2D eigenvalue weighted by Crippen LogP contribution is 2.56. The number of nitrogens with one attached hydrogen (secondary N) is 1. The number of carbonyl (C=O) groups is 1. The van der Waals surface area contributed by atoms with Crippen LogP contribution in [-0.2, 0) is 4.79 Å². The van der Waals surface area contributed by atoms with Crippen LogP contribution in [0.5, 0.6) is 0 Å². The molecule has 0 spiro atoms. The number of hydrogen-bond donors (Lipinski definition) is 1. The summed E-state index contributed by atoms with van der Waals surface area (Å²) in [5.41, 5.74) is 0. The normalized spacial score (nSPS) is 35.0. The van der Waals surface area contributed by atoms with E-state index in [2.05, 4.69) is 24.1 Å². The van der Waals surface area contributed by atoms with Gasteiger partial charge in [0.25, 0.3) is 0 Å². The second-order valence-electron chi connectivity index (χ2n) is 8.34. The van der Waals surface area contributed by atoms with Crippen LogP contribution in [0.2, 0.25) is 0 Å². The van der Waals surface area contributed by atoms with Gasteiger partial charge in [0.05, 0.1) is 0 Å². The van der Waals surface area contributed by atoms with Crippen molar-refractivity contribution in [1.29, 1.82) is 0 Å². The lowest BCUT2D eigenvalue weighted by atomic mass is 9.51. The highest BCUT2D eigenvalue weighted by atomic mass is 16.1. The molecule has 4 aliphatic carbocycles. The molecular formula is C20H36N2O. The summed E-state index contributed by atoms with van der Waals surface area (Å²) < 4.78 is 0. The zero-order valence-electron chi connectivity index (χ0n) is 15.2. The number of amides is 1. The first kappa shape index (κ1) is 17.3. The van der Waals surface area contributed by atoms with Crippen LogP contribution < -0.4 is 5.32 Å². The monoisotopic (exact) mass is 320 g/mol. The van der Waals surface area contributed by atoms with Gasteiger partial charge in [0.15, 0.2) is 0 Å². The first-order chi connectivity index (χ1) is 11.2. The van der Waals surface area contributed by atoms with Gasteiger partial charge < -0.3 is 10.2 Å². The van der Waals surface area contributed by atoms with Gasteiger partial charge in [-0.15, -0.1) is 0 Å². The molecule has 1 N–H and O–H groups in total. The smallest absolute Gasteiger partial charge is 0.223 e. The van der Waals surface area contributed by atoms with E-state index in [4.69, 9.17) is 0 Å². The van der Waals surface area contributed by atoms with Crippen LogP contribution in [0.25, 0.3) is 0 Å². The van der Waals surface area contributed by atoms with Crippen molar-refractivity contribution >= 4 is 5.91 Å². The van der Waals surface area contributed by atoms with E-state index >= 15 is 0 Å². The lowest BCUT2D eigenvalue weighted by molar-refractivity contribution is -0.138. The minimum Gasteiger partial charge on any atom is -0.356 e. The molecule has 1 amide bonds. The SMILES string of the molecule is CCN(CC)CCCCCNC(=O)C1C2CC3CC(C2)CC1C3. The van der Waals surface area contributed by atoms with E-state index in [1.54, 1.807) is 0 Å². The van der Waals surface area contributed by atoms with Crippen LogP contribution in [-0.4, -0.2) is 37.0 Å². The molecule has 0 aliphatic heterocycles. The van der Waals surface area contributed by atoms with Crippen molar-refractivity contribution in [3.8, 4) is 0 Å². The molecule has 0 aromatic rings. The molecule has 0 unspecified atom stereocenters. The topological polar surface area (TPSA) is 32.3 Å². The van der Waals surface area contributed by atoms with Gasteiger partial charge in [-0.2, -0.15) is 0 Å². The molecule has 4 saturated carbocycles. The number of unbranched alkanes of at least 4 members (excludes halogenated alkanes) is 2. The van der Waals surface area contributed by atoms with Gasteiger partial charge in [0, 0.05) is 12.5 Å². The molecule has 0 radical (unpaired) electrons. The molecule has 4 rings (SSSR count). The van der Waals surface area contributed by atoms with Crippen molar-refractivity contribution in [3.63, 3.8) is 0 Å². The maximum absolute atomic E-state index is 12.6. The summed E-state index contributed by atoms with van der Waals surface area (Å²) in [5, 5.41) is 3.27. The number of rotatable bonds is 9. The molecular weight excluding hydrogens is 284 g/mol. The van der Waals surface area contributed by atoms with E-state index in [1.165, 1.54) is 51.5 Å². The Labute approximate surface area is 142 Å². The molecule has 23 heavy (non-hydrogen) atoms. The minimum atomic E-state index is 0.360. The predicted molar refractivity (Wildman–Crippen MR) is 95.2 cm³/mol. The van der Waals surface area contributed by atoms with Crippen molar-refractivity contribution in [2.75, 3.05) is 26.2 Å². The number of nitrogens with zero attached hydrogens (tertiary/aromatic N) is 1. The van der Waals surface area contributed by atoms with Gasteiger partial charge in [0.2, 0.25) is 5.91 Å². The summed E-state index contributed by atoms with van der Waals surface area (Å²) in [6, 6.07) is 0. The second-order valence-corrected chi connectivity index (χ2v) is 8.34. The Hall–Kier alpha value is -0.570. The van der Waals surface area contributed by atoms with Gasteiger partial charge in [-0.25, -0.2) is 0 Å². The molecule has 4 fully saturated rings. The van der Waals surface area contributed by atoms with Gasteiger partial charge in [-0.3, -0.25) is 4.79 Å². The molecule has 0 atom stereocenters. The largest absolute Gasteiger partial charge is 0.356 e. The molecule has 4 bridgehead atoms. The molecule has 0 saturated heterocycles. The Morgan fingerprint density at radius 2 is 1.52 bits per heavy atom. The Morgan fingerprint density at radius 3 is 2.09 bits per heavy atom. The van der Waals surface area contributed by atoms with E-state index in [0.717, 1.165) is 37.9 Å². The van der Waals surface area contributed by atoms with Crippen molar-refractivity contribution in [2.45, 2.75) is 65.2 Å². The number of carbonyl (C=O) groups excluding carboxylic acids is 1. The summed E-state index contributed by atoms with van der Waals surface area (Å²) in [7, 11) is 0. The standard InChI is InChI=1S/C20H36N2O/c1-3-22(4-2)9-7-5-6-8-21-20(23)19-17-11-15-10-16(13-17)14-18(19)12-15/h15-19H,3-14H2,1-2H3,(H,21,23). The van der Waals surface area contributed by atoms with E-state index in [-0.39, 0.29) is 0 Å². The Balaban J connectivity index is 1.33. The zero-order chi connectivity index (χ0) is 16.2. The van der Waals surface area contributed by atoms with Crippen LogP contribution >= 0.6 is 0 Å². The fraction of sp³-hybridized carbons (Fsp3) is 0.950. The highest BCUT2D eigenvalue weighted by molar-refractivity contribution is 5.79. The lowest BCUT2D eigenvalue weighted by Crippen LogP contribution is -2.51. The van der Waals surface area contributed by atoms with Crippen LogP contribution in [0.4, 0.5) is 0 Å². The van der Waals surface area contributed by atoms with Crippen molar-refractivity contribution in [3.05, 3.63) is 0 Å². The van der Waals surface area contributed by atoms with Crippen LogP contribution in [0.15, 0.2) is 0 Å². The average molecular weight is 321 g/mol. The molecule has 132 valence electrons. The fourth-order valence-electron chi connectivity index (χ4n) is 5.86. The van der Waals surface area contributed by atoms with Crippen molar-refractivity contribution < 1.29 is 4.79 Å². The molecule has 3 nitrogen and oxygen atoms in total. The van der Waals surface area contributed by atoms with Gasteiger partial charge in [-0.05, 0) is 88.3 Å². The van der Waals surface area contributed by atoms with Crippen molar-refractivity contribution in [1.82, 2.24) is 10.2 Å². The Morgan fingerprint density at radius 1 is 0.913 bits per heavy atom. The summed E-state index contributed by atoms with van der Waals surface area (Å²) in [4.78, 5) is 15.1. The number of hydrogen-bond acceptors (Lipinski definition) is 2. The third kappa shape index (κ3) is 4.10. The van der Waals surface area contributed by atoms with Crippen LogP contribution in [0.1, 0.15) is 65.2 Å². The summed E-state index contributed by atoms with van der Waals surface area (Å²) in [6.07, 6.45) is 10.5. The second kappa shape index (κ2) is 8.00. The maximum atomic E-state index is 12.6. The van der Waals surface area contributed by atoms with Crippen LogP contribution in [0.3, 0.4) is 0 Å². The van der Waals surface area contributed by atoms with Crippen LogP contribution in [0, 0.1) is 29.6 Å². The maximum Gasteiger partial charge on any atom is 0.223 e. The molecule has 4 aliphatic rings. The summed E-state index contributed by atoms with van der Waals surface area (Å²) >= 11 is 0. The van der Waals surface area contributed by atoms with Gasteiger partial charge >= 0.3 is 0 Å². The minimum absolute atomic E-state index is 0.360. The molecule has 0 aromatic heterocycles. The van der Waals surface area contributed by atoms with Gasteiger partial charge in [-0.1, -0.05) is 20.3 Å². The summed E-state index contributed by atoms with van der Waals surface area (Å²) in [6.45, 7) is 8.86. The quantitative estimate of drug-likeness (QED) is 0.657. The lowest BCUT2D eigenvalue weighted by Gasteiger charge is -2.53.